The lowest BCUT2D eigenvalue weighted by atomic mass is 10.1. The molecule has 0 unspecified atom stereocenters. The molecule has 33 heavy (non-hydrogen) atoms. The number of methoxy groups -OCH3 is 2. The van der Waals surface area contributed by atoms with Crippen LogP contribution in [0.1, 0.15) is 17.5 Å². The van der Waals surface area contributed by atoms with Gasteiger partial charge < -0.3 is 19.3 Å². The van der Waals surface area contributed by atoms with Crippen molar-refractivity contribution in [2.75, 3.05) is 20.8 Å². The van der Waals surface area contributed by atoms with Crippen LogP contribution >= 0.6 is 0 Å². The summed E-state index contributed by atoms with van der Waals surface area (Å²) in [5.74, 6) is -0.159. The number of likely N-dealkylation sites (tertiary alicyclic amines) is 1. The Kier molecular flexibility index (Phi) is 7.41. The first-order chi connectivity index (χ1) is 15.7. The number of hydrogen-bond donors (Lipinski definition) is 1. The maximum absolute atomic E-state index is 12.0. The van der Waals surface area contributed by atoms with Gasteiger partial charge in [-0.05, 0) is 23.8 Å². The highest BCUT2D eigenvalue weighted by Crippen LogP contribution is 2.37. The largest absolute Gasteiger partial charge is 0.493 e. The maximum atomic E-state index is 12.0. The summed E-state index contributed by atoms with van der Waals surface area (Å²) in [5.41, 5.74) is 0.608. The van der Waals surface area contributed by atoms with Gasteiger partial charge >= 0.3 is 5.97 Å². The van der Waals surface area contributed by atoms with Crippen LogP contribution in [0.2, 0.25) is 0 Å². The van der Waals surface area contributed by atoms with Gasteiger partial charge in [0.15, 0.2) is 11.5 Å². The Hall–Kier alpha value is -3.77. The van der Waals surface area contributed by atoms with Crippen LogP contribution in [-0.2, 0) is 22.7 Å². The van der Waals surface area contributed by atoms with Crippen molar-refractivity contribution >= 4 is 17.3 Å². The molecule has 1 heterocycles. The smallest absolute Gasteiger partial charge is 0.323 e. The fourth-order valence-electron chi connectivity index (χ4n) is 3.69. The minimum Gasteiger partial charge on any atom is -0.493 e. The van der Waals surface area contributed by atoms with Gasteiger partial charge in [-0.3, -0.25) is 29.9 Å². The molecule has 12 heteroatoms. The molecule has 0 bridgehead atoms. The normalized spacial score (nSPS) is 18.0. The average molecular weight is 461 g/mol. The zero-order chi connectivity index (χ0) is 24.1. The molecule has 0 radical (unpaired) electrons. The number of benzene rings is 2. The number of non-ortho nitro benzene ring substituents is 1. The molecule has 12 nitrogen and oxygen atoms in total. The minimum atomic E-state index is -0.751. The Morgan fingerprint density at radius 1 is 1.12 bits per heavy atom. The molecule has 0 saturated carbocycles. The van der Waals surface area contributed by atoms with E-state index in [0.717, 1.165) is 0 Å². The topological polar surface area (TPSA) is 155 Å². The molecule has 0 amide bonds. The van der Waals surface area contributed by atoms with Crippen molar-refractivity contribution < 1.29 is 34.0 Å². The highest BCUT2D eigenvalue weighted by Gasteiger charge is 2.37. The lowest BCUT2D eigenvalue weighted by Crippen LogP contribution is -2.36. The van der Waals surface area contributed by atoms with E-state index in [2.05, 4.69) is 0 Å². The number of nitro groups is 2. The fraction of sp³-hybridized carbons (Fsp3) is 0.381. The number of hydrogen-bond acceptors (Lipinski definition) is 10. The third-order valence-corrected chi connectivity index (χ3v) is 5.33. The Bertz CT molecular complexity index is 1040. The predicted molar refractivity (Wildman–Crippen MR) is 114 cm³/mol. The summed E-state index contributed by atoms with van der Waals surface area (Å²) in [6.07, 6.45) is -0.576. The van der Waals surface area contributed by atoms with Crippen LogP contribution in [0.5, 0.6) is 11.5 Å². The van der Waals surface area contributed by atoms with Crippen molar-refractivity contribution in [1.29, 1.82) is 0 Å². The van der Waals surface area contributed by atoms with Crippen molar-refractivity contribution in [3.05, 3.63) is 67.8 Å². The van der Waals surface area contributed by atoms with Gasteiger partial charge in [0.25, 0.3) is 11.4 Å². The first-order valence-corrected chi connectivity index (χ1v) is 9.94. The van der Waals surface area contributed by atoms with E-state index in [0.29, 0.717) is 5.56 Å². The van der Waals surface area contributed by atoms with Gasteiger partial charge in [-0.2, -0.15) is 0 Å². The van der Waals surface area contributed by atoms with Gasteiger partial charge in [0.2, 0.25) is 0 Å². The van der Waals surface area contributed by atoms with Gasteiger partial charge in [0, 0.05) is 37.2 Å². The third-order valence-electron chi connectivity index (χ3n) is 5.33. The first kappa shape index (κ1) is 23.9. The summed E-state index contributed by atoms with van der Waals surface area (Å²) in [6.45, 7) is 0.192. The summed E-state index contributed by atoms with van der Waals surface area (Å²) >= 11 is 0. The quantitative estimate of drug-likeness (QED) is 0.334. The molecule has 3 rings (SSSR count). The van der Waals surface area contributed by atoms with E-state index in [1.54, 1.807) is 4.90 Å². The third kappa shape index (κ3) is 5.54. The fourth-order valence-corrected chi connectivity index (χ4v) is 3.69. The Morgan fingerprint density at radius 3 is 2.39 bits per heavy atom. The zero-order valence-corrected chi connectivity index (χ0v) is 18.0. The van der Waals surface area contributed by atoms with Crippen molar-refractivity contribution in [2.24, 2.45) is 0 Å². The maximum Gasteiger partial charge on any atom is 0.323 e. The van der Waals surface area contributed by atoms with Gasteiger partial charge in [0.05, 0.1) is 36.2 Å². The number of carbonyl (C=O) groups excluding carboxylic acids is 1. The summed E-state index contributed by atoms with van der Waals surface area (Å²) in [7, 11) is 2.63. The molecule has 0 aliphatic carbocycles. The predicted octanol–water partition coefficient (Wildman–Crippen LogP) is 2.20. The Labute approximate surface area is 188 Å². The van der Waals surface area contributed by atoms with E-state index in [4.69, 9.17) is 14.2 Å². The molecule has 1 fully saturated rings. The highest BCUT2D eigenvalue weighted by molar-refractivity contribution is 5.76. The number of carbonyl (C=O) groups is 1. The van der Waals surface area contributed by atoms with Gasteiger partial charge in [0.1, 0.15) is 12.6 Å². The molecule has 2 aromatic rings. The van der Waals surface area contributed by atoms with Crippen LogP contribution < -0.4 is 9.47 Å². The van der Waals surface area contributed by atoms with Crippen molar-refractivity contribution in [1.82, 2.24) is 4.90 Å². The average Bonchev–Trinajstić information content (AvgIpc) is 3.17. The lowest BCUT2D eigenvalue weighted by Gasteiger charge is -2.22. The highest BCUT2D eigenvalue weighted by atomic mass is 16.6. The molecule has 1 aliphatic heterocycles. The second-order valence-electron chi connectivity index (χ2n) is 7.46. The van der Waals surface area contributed by atoms with E-state index in [1.807, 2.05) is 0 Å². The summed E-state index contributed by atoms with van der Waals surface area (Å²) < 4.78 is 15.8. The summed E-state index contributed by atoms with van der Waals surface area (Å²) in [4.78, 5) is 35.1. The van der Waals surface area contributed by atoms with E-state index in [1.165, 1.54) is 50.6 Å². The van der Waals surface area contributed by atoms with Crippen LogP contribution in [0.15, 0.2) is 36.4 Å². The van der Waals surface area contributed by atoms with Gasteiger partial charge in [-0.1, -0.05) is 0 Å². The molecule has 1 aliphatic rings. The standard InChI is InChI=1S/C21H23N3O9/c1-31-19-7-14(10-22-11-16(25)8-18(22)21(26)32-2)17(24(29)30)9-20(19)33-12-13-3-5-15(6-4-13)23(27)28/h3-7,9,16,18,25H,8,10-12H2,1-2H3/t16-,18+/m1/s1. The number of ether oxygens (including phenoxy) is 3. The van der Waals surface area contributed by atoms with E-state index in [-0.39, 0.29) is 54.6 Å². The SMILES string of the molecule is COC(=O)[C@@H]1C[C@@H](O)CN1Cc1cc(OC)c(OCc2ccc([N+](=O)[O-])cc2)cc1[N+](=O)[O-]. The Morgan fingerprint density at radius 2 is 1.82 bits per heavy atom. The van der Waals surface area contributed by atoms with Gasteiger partial charge in [-0.15, -0.1) is 0 Å². The molecule has 0 spiro atoms. The van der Waals surface area contributed by atoms with Crippen LogP contribution in [-0.4, -0.2) is 58.7 Å². The molecule has 2 atom stereocenters. The van der Waals surface area contributed by atoms with Crippen LogP contribution in [0, 0.1) is 20.2 Å². The second-order valence-corrected chi connectivity index (χ2v) is 7.46. The van der Waals surface area contributed by atoms with Crippen LogP contribution in [0.4, 0.5) is 11.4 Å². The first-order valence-electron chi connectivity index (χ1n) is 9.94. The number of nitro benzene ring substituents is 2. The lowest BCUT2D eigenvalue weighted by molar-refractivity contribution is -0.385. The molecular formula is C21H23N3O9. The van der Waals surface area contributed by atoms with E-state index in [9.17, 15) is 30.1 Å². The van der Waals surface area contributed by atoms with E-state index >= 15 is 0 Å². The van der Waals surface area contributed by atoms with Crippen molar-refractivity contribution in [2.45, 2.75) is 31.7 Å². The zero-order valence-electron chi connectivity index (χ0n) is 18.0. The number of β-amino-alcohol motifs (C(OH)–C–C–N with tert-alkyl or cyclic N) is 1. The number of nitrogens with zero attached hydrogens (tertiary/aromatic N) is 3. The number of aliphatic hydroxyl groups excluding tert-OH is 1. The second kappa shape index (κ2) is 10.2. The van der Waals surface area contributed by atoms with Crippen molar-refractivity contribution in [3.8, 4) is 11.5 Å². The van der Waals surface area contributed by atoms with Crippen molar-refractivity contribution in [3.63, 3.8) is 0 Å². The number of rotatable bonds is 9. The minimum absolute atomic E-state index is 0.00753. The molecule has 1 N–H and O–H groups in total. The molecular weight excluding hydrogens is 438 g/mol. The van der Waals surface area contributed by atoms with Crippen LogP contribution in [0.25, 0.3) is 0 Å². The monoisotopic (exact) mass is 461 g/mol. The molecule has 2 aromatic carbocycles. The molecule has 176 valence electrons. The number of aliphatic hydroxyl groups is 1. The molecule has 0 aromatic heterocycles. The van der Waals surface area contributed by atoms with Crippen LogP contribution in [0.3, 0.4) is 0 Å². The number of esters is 1. The summed E-state index contributed by atoms with van der Waals surface area (Å²) in [5, 5.41) is 32.5. The van der Waals surface area contributed by atoms with Gasteiger partial charge in [-0.25, -0.2) is 0 Å². The summed E-state index contributed by atoms with van der Waals surface area (Å²) in [6, 6.07) is 7.71. The van der Waals surface area contributed by atoms with E-state index < -0.39 is 28.0 Å². The Balaban J connectivity index is 1.84. The molecule has 1 saturated heterocycles.